The minimum Gasteiger partial charge on any atom is -0.494 e. The molecule has 0 saturated carbocycles. The van der Waals surface area contributed by atoms with E-state index in [1.165, 1.54) is 11.3 Å². The fourth-order valence-electron chi connectivity index (χ4n) is 3.94. The highest BCUT2D eigenvalue weighted by molar-refractivity contribution is 7.17. The monoisotopic (exact) mass is 478 g/mol. The predicted octanol–water partition coefficient (Wildman–Crippen LogP) is 5.18. The zero-order chi connectivity index (χ0) is 23.9. The van der Waals surface area contributed by atoms with E-state index in [4.69, 9.17) is 4.74 Å². The number of benzene rings is 1. The lowest BCUT2D eigenvalue weighted by Crippen LogP contribution is -2.43. The summed E-state index contributed by atoms with van der Waals surface area (Å²) < 4.78 is 5.68. The Labute approximate surface area is 204 Å². The summed E-state index contributed by atoms with van der Waals surface area (Å²) in [4.78, 5) is 37.3. The average molecular weight is 479 g/mol. The van der Waals surface area contributed by atoms with E-state index in [1.807, 2.05) is 43.3 Å². The van der Waals surface area contributed by atoms with Crippen LogP contribution in [0.4, 0.5) is 5.69 Å². The lowest BCUT2D eigenvalue weighted by atomic mass is 9.96. The number of nitrogens with one attached hydrogen (secondary N) is 1. The number of anilines is 1. The number of hydrogen-bond donors (Lipinski definition) is 1. The lowest BCUT2D eigenvalue weighted by Gasteiger charge is -2.31. The summed E-state index contributed by atoms with van der Waals surface area (Å²) in [5.74, 6) is 0.432. The zero-order valence-electron chi connectivity index (χ0n) is 19.6. The molecule has 1 atom stereocenters. The molecule has 0 radical (unpaired) electrons. The standard InChI is InChI=1S/C26H30N4O3S/c1-3-4-15-33-22-11-9-21(10-12-22)29-24(31)20-8-6-14-30(17-20)26(32)23-18(2)28-25(34-23)19-7-5-13-27-16-19/h5,7,9-13,16,20H,3-4,6,8,14-15,17H2,1-2H3,(H,29,31). The van der Waals surface area contributed by atoms with Gasteiger partial charge >= 0.3 is 0 Å². The van der Waals surface area contributed by atoms with Gasteiger partial charge in [0, 0.05) is 36.7 Å². The van der Waals surface area contributed by atoms with Crippen LogP contribution in [0.3, 0.4) is 0 Å². The molecule has 1 saturated heterocycles. The summed E-state index contributed by atoms with van der Waals surface area (Å²) in [5, 5.41) is 3.77. The number of hydrogen-bond acceptors (Lipinski definition) is 6. The molecule has 4 rings (SSSR count). The highest BCUT2D eigenvalue weighted by Gasteiger charge is 2.30. The highest BCUT2D eigenvalue weighted by atomic mass is 32.1. The number of rotatable bonds is 8. The third-order valence-electron chi connectivity index (χ3n) is 5.87. The molecule has 178 valence electrons. The molecule has 7 nitrogen and oxygen atoms in total. The molecule has 34 heavy (non-hydrogen) atoms. The van der Waals surface area contributed by atoms with Crippen molar-refractivity contribution in [3.63, 3.8) is 0 Å². The average Bonchev–Trinajstić information content (AvgIpc) is 3.27. The number of nitrogens with zero attached hydrogens (tertiary/aromatic N) is 3. The van der Waals surface area contributed by atoms with E-state index in [1.54, 1.807) is 17.3 Å². The van der Waals surface area contributed by atoms with E-state index in [2.05, 4.69) is 22.2 Å². The summed E-state index contributed by atoms with van der Waals surface area (Å²) in [5.41, 5.74) is 2.34. The fourth-order valence-corrected chi connectivity index (χ4v) is 4.96. The molecule has 1 aliphatic heterocycles. The Bertz CT molecular complexity index is 1110. The first-order valence-corrected chi connectivity index (χ1v) is 12.6. The number of amides is 2. The van der Waals surface area contributed by atoms with Gasteiger partial charge in [0.1, 0.15) is 15.6 Å². The van der Waals surface area contributed by atoms with Gasteiger partial charge in [-0.05, 0) is 62.6 Å². The minimum atomic E-state index is -0.246. The van der Waals surface area contributed by atoms with Crippen molar-refractivity contribution in [2.24, 2.45) is 5.92 Å². The van der Waals surface area contributed by atoms with Gasteiger partial charge in [0.05, 0.1) is 18.2 Å². The van der Waals surface area contributed by atoms with Gasteiger partial charge < -0.3 is 15.0 Å². The smallest absolute Gasteiger partial charge is 0.265 e. The van der Waals surface area contributed by atoms with Crippen molar-refractivity contribution in [3.8, 4) is 16.3 Å². The molecule has 0 spiro atoms. The third kappa shape index (κ3) is 5.80. The summed E-state index contributed by atoms with van der Waals surface area (Å²) in [6, 6.07) is 11.2. The van der Waals surface area contributed by atoms with Gasteiger partial charge in [-0.15, -0.1) is 11.3 Å². The number of carbonyl (C=O) groups is 2. The van der Waals surface area contributed by atoms with E-state index in [0.717, 1.165) is 47.7 Å². The fraction of sp³-hybridized carbons (Fsp3) is 0.385. The number of thiazole rings is 1. The Kier molecular flexibility index (Phi) is 7.90. The van der Waals surface area contributed by atoms with Gasteiger partial charge in [-0.3, -0.25) is 14.6 Å². The Morgan fingerprint density at radius 2 is 2.06 bits per heavy atom. The third-order valence-corrected chi connectivity index (χ3v) is 7.06. The first-order valence-electron chi connectivity index (χ1n) is 11.8. The number of pyridine rings is 1. The maximum Gasteiger partial charge on any atom is 0.265 e. The molecular weight excluding hydrogens is 448 g/mol. The van der Waals surface area contributed by atoms with Crippen LogP contribution < -0.4 is 10.1 Å². The van der Waals surface area contributed by atoms with E-state index in [0.29, 0.717) is 30.3 Å². The normalized spacial score (nSPS) is 15.7. The summed E-state index contributed by atoms with van der Waals surface area (Å²) >= 11 is 1.38. The lowest BCUT2D eigenvalue weighted by molar-refractivity contribution is -0.121. The van der Waals surface area contributed by atoms with Crippen molar-refractivity contribution in [1.82, 2.24) is 14.9 Å². The Hall–Kier alpha value is -3.26. The van der Waals surface area contributed by atoms with Crippen LogP contribution in [-0.2, 0) is 4.79 Å². The van der Waals surface area contributed by atoms with Gasteiger partial charge in [0.15, 0.2) is 0 Å². The van der Waals surface area contributed by atoms with Crippen molar-refractivity contribution >= 4 is 28.8 Å². The molecule has 0 aliphatic carbocycles. The molecule has 1 aliphatic rings. The Morgan fingerprint density at radius 1 is 1.24 bits per heavy atom. The molecule has 0 bridgehead atoms. The first kappa shape index (κ1) is 23.9. The number of carbonyl (C=O) groups excluding carboxylic acids is 2. The minimum absolute atomic E-state index is 0.0591. The van der Waals surface area contributed by atoms with Crippen LogP contribution in [0.5, 0.6) is 5.75 Å². The summed E-state index contributed by atoms with van der Waals surface area (Å²) in [6.45, 7) is 5.72. The molecule has 1 aromatic carbocycles. The van der Waals surface area contributed by atoms with E-state index in [-0.39, 0.29) is 17.7 Å². The van der Waals surface area contributed by atoms with Gasteiger partial charge in [-0.2, -0.15) is 0 Å². The summed E-state index contributed by atoms with van der Waals surface area (Å²) in [7, 11) is 0. The van der Waals surface area contributed by atoms with Crippen LogP contribution in [0, 0.1) is 12.8 Å². The van der Waals surface area contributed by atoms with Gasteiger partial charge in [0.2, 0.25) is 5.91 Å². The van der Waals surface area contributed by atoms with E-state index < -0.39 is 0 Å². The molecule has 1 unspecified atom stereocenters. The van der Waals surface area contributed by atoms with Crippen LogP contribution in [-0.4, -0.2) is 46.4 Å². The van der Waals surface area contributed by atoms with Gasteiger partial charge in [-0.1, -0.05) is 13.3 Å². The topological polar surface area (TPSA) is 84.4 Å². The molecule has 1 N–H and O–H groups in total. The molecule has 1 fully saturated rings. The molecule has 2 amide bonds. The highest BCUT2D eigenvalue weighted by Crippen LogP contribution is 2.30. The number of piperidine rings is 1. The quantitative estimate of drug-likeness (QED) is 0.451. The van der Waals surface area contributed by atoms with E-state index in [9.17, 15) is 9.59 Å². The second kappa shape index (κ2) is 11.2. The van der Waals surface area contributed by atoms with Crippen molar-refractivity contribution < 1.29 is 14.3 Å². The van der Waals surface area contributed by atoms with Crippen LogP contribution >= 0.6 is 11.3 Å². The van der Waals surface area contributed by atoms with Crippen LogP contribution in [0.2, 0.25) is 0 Å². The zero-order valence-corrected chi connectivity index (χ0v) is 20.4. The first-order chi connectivity index (χ1) is 16.5. The number of aryl methyl sites for hydroxylation is 1. The maximum atomic E-state index is 13.3. The van der Waals surface area contributed by atoms with E-state index >= 15 is 0 Å². The maximum absolute atomic E-state index is 13.3. The van der Waals surface area contributed by atoms with Crippen LogP contribution in [0.25, 0.3) is 10.6 Å². The number of aromatic nitrogens is 2. The van der Waals surface area contributed by atoms with Crippen LogP contribution in [0.15, 0.2) is 48.8 Å². The largest absolute Gasteiger partial charge is 0.494 e. The molecule has 8 heteroatoms. The second-order valence-electron chi connectivity index (χ2n) is 8.48. The summed E-state index contributed by atoms with van der Waals surface area (Å²) in [6.07, 6.45) is 7.12. The predicted molar refractivity (Wildman–Crippen MR) is 134 cm³/mol. The SMILES string of the molecule is CCCCOc1ccc(NC(=O)C2CCCN(C(=O)c3sc(-c4cccnc4)nc3C)C2)cc1. The van der Waals surface area contributed by atoms with Crippen molar-refractivity contribution in [3.05, 3.63) is 59.4 Å². The van der Waals surface area contributed by atoms with Crippen molar-refractivity contribution in [2.75, 3.05) is 25.0 Å². The van der Waals surface area contributed by atoms with Crippen molar-refractivity contribution in [1.29, 1.82) is 0 Å². The Balaban J connectivity index is 1.37. The number of likely N-dealkylation sites (tertiary alicyclic amines) is 1. The molecule has 3 aromatic rings. The van der Waals surface area contributed by atoms with Crippen molar-refractivity contribution in [2.45, 2.75) is 39.5 Å². The van der Waals surface area contributed by atoms with Gasteiger partial charge in [0.25, 0.3) is 5.91 Å². The molecule has 3 heterocycles. The Morgan fingerprint density at radius 3 is 2.79 bits per heavy atom. The molecule has 2 aromatic heterocycles. The van der Waals surface area contributed by atoms with Gasteiger partial charge in [-0.25, -0.2) is 4.98 Å². The second-order valence-corrected chi connectivity index (χ2v) is 9.48. The number of ether oxygens (including phenoxy) is 1. The van der Waals surface area contributed by atoms with Crippen LogP contribution in [0.1, 0.15) is 48.0 Å². The molecular formula is C26H30N4O3S. The number of unbranched alkanes of at least 4 members (excludes halogenated alkanes) is 1.